The van der Waals surface area contributed by atoms with Gasteiger partial charge in [-0.25, -0.2) is 10.2 Å². The summed E-state index contributed by atoms with van der Waals surface area (Å²) >= 11 is 0. The molecule has 9 nitrogen and oxygen atoms in total. The smallest absolute Gasteiger partial charge is 0.338 e. The molecule has 2 N–H and O–H groups in total. The Bertz CT molecular complexity index is 859. The molecule has 1 aromatic carbocycles. The SMILES string of the molecule is CC(C)OC(=O)c1ccc(-c2ccc(/C=N/Nc3nn[nH]n3)o2)cc1.Cl. The van der Waals surface area contributed by atoms with Crippen LogP contribution in [-0.2, 0) is 4.74 Å². The van der Waals surface area contributed by atoms with Crippen molar-refractivity contribution in [1.82, 2.24) is 20.6 Å². The van der Waals surface area contributed by atoms with Crippen molar-refractivity contribution in [2.24, 2.45) is 5.10 Å². The average molecular weight is 377 g/mol. The van der Waals surface area contributed by atoms with E-state index in [1.165, 1.54) is 6.21 Å². The number of carbonyl (C=O) groups is 1. The number of H-pyrrole nitrogens is 1. The van der Waals surface area contributed by atoms with E-state index in [2.05, 4.69) is 31.2 Å². The van der Waals surface area contributed by atoms with Gasteiger partial charge >= 0.3 is 5.97 Å². The minimum Gasteiger partial charge on any atom is -0.459 e. The second kappa shape index (κ2) is 8.77. The summed E-state index contributed by atoms with van der Waals surface area (Å²) in [5.41, 5.74) is 3.93. The Labute approximate surface area is 155 Å². The maximum absolute atomic E-state index is 11.8. The van der Waals surface area contributed by atoms with Crippen molar-refractivity contribution in [2.45, 2.75) is 20.0 Å². The summed E-state index contributed by atoms with van der Waals surface area (Å²) in [4.78, 5) is 11.8. The fraction of sp³-hybridized carbons (Fsp3) is 0.188. The number of carbonyl (C=O) groups excluding carboxylic acids is 1. The second-order valence-electron chi connectivity index (χ2n) is 5.34. The van der Waals surface area contributed by atoms with Crippen molar-refractivity contribution in [1.29, 1.82) is 0 Å². The Hall–Kier alpha value is -3.20. The molecule has 0 aliphatic carbocycles. The van der Waals surface area contributed by atoms with Gasteiger partial charge in [0, 0.05) is 5.56 Å². The molecule has 3 rings (SSSR count). The minimum atomic E-state index is -0.346. The number of hydrazone groups is 1. The van der Waals surface area contributed by atoms with E-state index >= 15 is 0 Å². The average Bonchev–Trinajstić information content (AvgIpc) is 3.26. The van der Waals surface area contributed by atoms with Crippen molar-refractivity contribution in [3.8, 4) is 11.3 Å². The van der Waals surface area contributed by atoms with Gasteiger partial charge < -0.3 is 9.15 Å². The Kier molecular flexibility index (Phi) is 6.45. The van der Waals surface area contributed by atoms with Crippen LogP contribution in [0.1, 0.15) is 30.0 Å². The number of anilines is 1. The maximum atomic E-state index is 11.8. The van der Waals surface area contributed by atoms with Gasteiger partial charge in [-0.05, 0) is 43.3 Å². The Morgan fingerprint density at radius 2 is 2.04 bits per heavy atom. The molecule has 0 bridgehead atoms. The first-order valence-corrected chi connectivity index (χ1v) is 7.55. The summed E-state index contributed by atoms with van der Waals surface area (Å²) in [6.45, 7) is 3.62. The number of tetrazole rings is 1. The summed E-state index contributed by atoms with van der Waals surface area (Å²) in [5.74, 6) is 1.12. The van der Waals surface area contributed by atoms with Crippen LogP contribution in [0.2, 0.25) is 0 Å². The summed E-state index contributed by atoms with van der Waals surface area (Å²) in [6, 6.07) is 10.6. The number of hydrogen-bond acceptors (Lipinski definition) is 8. The van der Waals surface area contributed by atoms with E-state index in [1.54, 1.807) is 30.3 Å². The largest absolute Gasteiger partial charge is 0.459 e. The van der Waals surface area contributed by atoms with Gasteiger partial charge in [0.1, 0.15) is 11.5 Å². The molecule has 0 aliphatic heterocycles. The van der Waals surface area contributed by atoms with Crippen molar-refractivity contribution < 1.29 is 13.9 Å². The molecular weight excluding hydrogens is 360 g/mol. The summed E-state index contributed by atoms with van der Waals surface area (Å²) in [6.07, 6.45) is 1.34. The molecule has 0 saturated carbocycles. The highest BCUT2D eigenvalue weighted by Crippen LogP contribution is 2.22. The molecule has 0 fully saturated rings. The van der Waals surface area contributed by atoms with Crippen LogP contribution in [0.3, 0.4) is 0 Å². The highest BCUT2D eigenvalue weighted by molar-refractivity contribution is 5.90. The molecule has 3 aromatic rings. The van der Waals surface area contributed by atoms with Crippen molar-refractivity contribution in [2.75, 3.05) is 5.43 Å². The lowest BCUT2D eigenvalue weighted by Crippen LogP contribution is -2.11. The predicted molar refractivity (Wildman–Crippen MR) is 97.3 cm³/mol. The lowest BCUT2D eigenvalue weighted by molar-refractivity contribution is 0.0378. The van der Waals surface area contributed by atoms with Crippen molar-refractivity contribution in [3.05, 3.63) is 47.7 Å². The molecule has 0 aliphatic rings. The van der Waals surface area contributed by atoms with Crippen molar-refractivity contribution in [3.63, 3.8) is 0 Å². The maximum Gasteiger partial charge on any atom is 0.338 e. The molecule has 2 aromatic heterocycles. The number of hydrogen-bond donors (Lipinski definition) is 2. The van der Waals surface area contributed by atoms with Crippen molar-refractivity contribution >= 4 is 30.5 Å². The van der Waals surface area contributed by atoms with E-state index in [0.717, 1.165) is 5.56 Å². The van der Waals surface area contributed by atoms with Gasteiger partial charge in [-0.3, -0.25) is 0 Å². The molecule has 0 amide bonds. The van der Waals surface area contributed by atoms with Crippen LogP contribution in [0.25, 0.3) is 11.3 Å². The molecule has 136 valence electrons. The number of ether oxygens (including phenoxy) is 1. The number of aromatic nitrogens is 4. The van der Waals surface area contributed by atoms with E-state index in [1.807, 2.05) is 19.9 Å². The van der Waals surface area contributed by atoms with Crippen LogP contribution < -0.4 is 5.43 Å². The fourth-order valence-corrected chi connectivity index (χ4v) is 1.99. The molecular formula is C16H17ClN6O3. The summed E-state index contributed by atoms with van der Waals surface area (Å²) in [5, 5.41) is 17.0. The third-order valence-corrected chi connectivity index (χ3v) is 3.08. The van der Waals surface area contributed by atoms with Crippen LogP contribution in [-0.4, -0.2) is 38.9 Å². The van der Waals surface area contributed by atoms with E-state index in [0.29, 0.717) is 17.1 Å². The first-order chi connectivity index (χ1) is 12.1. The van der Waals surface area contributed by atoms with Gasteiger partial charge in [-0.15, -0.1) is 17.5 Å². The lowest BCUT2D eigenvalue weighted by atomic mass is 10.1. The molecule has 0 unspecified atom stereocenters. The molecule has 10 heteroatoms. The molecule has 0 radical (unpaired) electrons. The Balaban J connectivity index is 0.00000243. The van der Waals surface area contributed by atoms with Crippen LogP contribution in [0.4, 0.5) is 5.95 Å². The minimum absolute atomic E-state index is 0. The molecule has 26 heavy (non-hydrogen) atoms. The van der Waals surface area contributed by atoms with Crippen LogP contribution in [0.5, 0.6) is 0 Å². The third-order valence-electron chi connectivity index (χ3n) is 3.08. The zero-order valence-electron chi connectivity index (χ0n) is 14.0. The number of rotatable bonds is 6. The number of furan rings is 1. The predicted octanol–water partition coefficient (Wildman–Crippen LogP) is 2.89. The standard InChI is InChI=1S/C16H16N6O3.ClH/c1-10(2)24-15(23)12-5-3-11(4-6-12)14-8-7-13(25-14)9-17-18-16-19-21-22-20-16;/h3-10H,1-2H3,(H2,18,19,20,21,22);1H/b17-9+;. The number of esters is 1. The van der Waals surface area contributed by atoms with Gasteiger partial charge in [0.15, 0.2) is 0 Å². The number of nitrogens with one attached hydrogen (secondary N) is 2. The number of halogens is 1. The summed E-state index contributed by atoms with van der Waals surface area (Å²) < 4.78 is 10.8. The van der Waals surface area contributed by atoms with E-state index in [9.17, 15) is 4.79 Å². The van der Waals surface area contributed by atoms with Gasteiger partial charge in [0.25, 0.3) is 5.95 Å². The zero-order valence-corrected chi connectivity index (χ0v) is 14.9. The number of aromatic amines is 1. The highest BCUT2D eigenvalue weighted by atomic mass is 35.5. The van der Waals surface area contributed by atoms with E-state index in [-0.39, 0.29) is 30.4 Å². The first kappa shape index (κ1) is 19.1. The first-order valence-electron chi connectivity index (χ1n) is 7.55. The highest BCUT2D eigenvalue weighted by Gasteiger charge is 2.10. The van der Waals surface area contributed by atoms with Crippen LogP contribution in [0, 0.1) is 0 Å². The third kappa shape index (κ3) is 4.90. The van der Waals surface area contributed by atoms with Crippen LogP contribution in [0.15, 0.2) is 45.9 Å². The quantitative estimate of drug-likeness (QED) is 0.385. The summed E-state index contributed by atoms with van der Waals surface area (Å²) in [7, 11) is 0. The lowest BCUT2D eigenvalue weighted by Gasteiger charge is -2.07. The Morgan fingerprint density at radius 3 is 2.69 bits per heavy atom. The van der Waals surface area contributed by atoms with Gasteiger partial charge in [-0.2, -0.15) is 10.3 Å². The number of nitrogens with zero attached hydrogens (tertiary/aromatic N) is 4. The van der Waals surface area contributed by atoms with Gasteiger partial charge in [0.05, 0.1) is 17.9 Å². The number of benzene rings is 1. The normalized spacial score (nSPS) is 10.7. The fourth-order valence-electron chi connectivity index (χ4n) is 1.99. The zero-order chi connectivity index (χ0) is 17.6. The monoisotopic (exact) mass is 376 g/mol. The van der Waals surface area contributed by atoms with E-state index in [4.69, 9.17) is 9.15 Å². The molecule has 2 heterocycles. The van der Waals surface area contributed by atoms with Crippen LogP contribution >= 0.6 is 12.4 Å². The molecule has 0 spiro atoms. The molecule has 0 saturated heterocycles. The topological polar surface area (TPSA) is 118 Å². The van der Waals surface area contributed by atoms with Gasteiger partial charge in [0.2, 0.25) is 0 Å². The van der Waals surface area contributed by atoms with Gasteiger partial charge in [-0.1, -0.05) is 17.2 Å². The Morgan fingerprint density at radius 1 is 1.27 bits per heavy atom. The second-order valence-corrected chi connectivity index (χ2v) is 5.34. The van der Waals surface area contributed by atoms with E-state index < -0.39 is 0 Å². The molecule has 0 atom stereocenters.